The molecule has 0 saturated carbocycles. The molecule has 0 bridgehead atoms. The normalized spacial score (nSPS) is 12.7. The first-order valence-corrected chi connectivity index (χ1v) is 7.58. The molecule has 102 valence electrons. The molecule has 2 N–H and O–H groups in total. The molecule has 2 nitrogen and oxygen atoms in total. The lowest BCUT2D eigenvalue weighted by molar-refractivity contribution is 0.239. The maximum Gasteiger partial charge on any atom is 0.124 e. The van der Waals surface area contributed by atoms with Crippen LogP contribution in [-0.2, 0) is 6.42 Å². The van der Waals surface area contributed by atoms with E-state index >= 15 is 0 Å². The van der Waals surface area contributed by atoms with Gasteiger partial charge in [0.1, 0.15) is 5.75 Å². The highest BCUT2D eigenvalue weighted by Crippen LogP contribution is 2.33. The molecular weight excluding hydrogens is 254 g/mol. The highest BCUT2D eigenvalue weighted by atomic mass is 32.1. The zero-order valence-electron chi connectivity index (χ0n) is 11.7. The molecule has 0 saturated heterocycles. The van der Waals surface area contributed by atoms with Crippen molar-refractivity contribution < 1.29 is 4.74 Å². The summed E-state index contributed by atoms with van der Waals surface area (Å²) in [7, 11) is 0. The summed E-state index contributed by atoms with van der Waals surface area (Å²) < 4.78 is 5.86. The third kappa shape index (κ3) is 3.17. The van der Waals surface area contributed by atoms with E-state index in [1.54, 1.807) is 11.3 Å². The van der Waals surface area contributed by atoms with Crippen molar-refractivity contribution in [3.8, 4) is 5.75 Å². The van der Waals surface area contributed by atoms with E-state index in [9.17, 15) is 0 Å². The van der Waals surface area contributed by atoms with Crippen LogP contribution < -0.4 is 10.5 Å². The summed E-state index contributed by atoms with van der Waals surface area (Å²) in [4.78, 5) is 1.24. The number of rotatable bonds is 5. The second-order valence-electron chi connectivity index (χ2n) is 4.85. The number of hydrogen-bond donors (Lipinski definition) is 1. The van der Waals surface area contributed by atoms with Gasteiger partial charge in [0.25, 0.3) is 0 Å². The number of aryl methyl sites for hydroxylation is 1. The Morgan fingerprint density at radius 2 is 1.95 bits per heavy atom. The molecular formula is C16H21NOS. The number of thiophene rings is 1. The minimum Gasteiger partial charge on any atom is -0.491 e. The lowest BCUT2D eigenvalue weighted by Crippen LogP contribution is -2.15. The van der Waals surface area contributed by atoms with Crippen LogP contribution in [0, 0.1) is 0 Å². The fraction of sp³-hybridized carbons (Fsp3) is 0.375. The van der Waals surface area contributed by atoms with E-state index < -0.39 is 0 Å². The highest BCUT2D eigenvalue weighted by molar-refractivity contribution is 7.10. The number of ether oxygens (including phenoxy) is 1. The Labute approximate surface area is 119 Å². The van der Waals surface area contributed by atoms with Gasteiger partial charge >= 0.3 is 0 Å². The molecule has 19 heavy (non-hydrogen) atoms. The van der Waals surface area contributed by atoms with Crippen LogP contribution in [0.5, 0.6) is 5.75 Å². The fourth-order valence-electron chi connectivity index (χ4n) is 2.15. The third-order valence-corrected chi connectivity index (χ3v) is 4.10. The van der Waals surface area contributed by atoms with Gasteiger partial charge in [-0.05, 0) is 43.3 Å². The summed E-state index contributed by atoms with van der Waals surface area (Å²) in [5, 5.41) is 2.11. The van der Waals surface area contributed by atoms with Gasteiger partial charge in [-0.15, -0.1) is 11.3 Å². The average molecular weight is 275 g/mol. The van der Waals surface area contributed by atoms with Gasteiger partial charge in [0.05, 0.1) is 12.1 Å². The van der Waals surface area contributed by atoms with Crippen molar-refractivity contribution in [2.45, 2.75) is 39.3 Å². The molecule has 0 radical (unpaired) electrons. The monoisotopic (exact) mass is 275 g/mol. The van der Waals surface area contributed by atoms with Gasteiger partial charge in [-0.1, -0.05) is 25.1 Å². The first-order valence-electron chi connectivity index (χ1n) is 6.71. The van der Waals surface area contributed by atoms with Gasteiger partial charge in [-0.25, -0.2) is 0 Å². The predicted octanol–water partition coefficient (Wildman–Crippen LogP) is 4.15. The predicted molar refractivity (Wildman–Crippen MR) is 81.9 cm³/mol. The zero-order valence-corrected chi connectivity index (χ0v) is 12.5. The molecule has 0 aliphatic heterocycles. The second-order valence-corrected chi connectivity index (χ2v) is 5.79. The van der Waals surface area contributed by atoms with Gasteiger partial charge in [0.15, 0.2) is 0 Å². The Kier molecular flexibility index (Phi) is 4.61. The van der Waals surface area contributed by atoms with Gasteiger partial charge in [0, 0.05) is 10.4 Å². The standard InChI is InChI=1S/C16H21NOS/c1-4-12-9-10-19-16(12)15(17)13-7-5-6-8-14(13)18-11(2)3/h5-11,15H,4,17H2,1-3H3. The molecule has 2 rings (SSSR count). The molecule has 1 aromatic carbocycles. The Bertz CT molecular complexity index is 533. The van der Waals surface area contributed by atoms with Crippen molar-refractivity contribution in [2.24, 2.45) is 5.73 Å². The number of hydrogen-bond acceptors (Lipinski definition) is 3. The van der Waals surface area contributed by atoms with E-state index in [0.717, 1.165) is 17.7 Å². The topological polar surface area (TPSA) is 35.2 Å². The molecule has 0 fully saturated rings. The lowest BCUT2D eigenvalue weighted by Gasteiger charge is -2.19. The smallest absolute Gasteiger partial charge is 0.124 e. The largest absolute Gasteiger partial charge is 0.491 e. The number of nitrogens with two attached hydrogens (primary N) is 1. The van der Waals surface area contributed by atoms with Crippen molar-refractivity contribution in [3.05, 3.63) is 51.7 Å². The first-order chi connectivity index (χ1) is 9.13. The van der Waals surface area contributed by atoms with Crippen LogP contribution in [0.2, 0.25) is 0 Å². The van der Waals surface area contributed by atoms with Crippen molar-refractivity contribution in [3.63, 3.8) is 0 Å². The van der Waals surface area contributed by atoms with Crippen molar-refractivity contribution >= 4 is 11.3 Å². The van der Waals surface area contributed by atoms with E-state index in [1.165, 1.54) is 10.4 Å². The van der Waals surface area contributed by atoms with Crippen LogP contribution in [0.1, 0.15) is 42.8 Å². The lowest BCUT2D eigenvalue weighted by atomic mass is 10.0. The summed E-state index contributed by atoms with van der Waals surface area (Å²) in [6.45, 7) is 6.23. The molecule has 1 atom stereocenters. The molecule has 1 unspecified atom stereocenters. The van der Waals surface area contributed by atoms with Crippen LogP contribution in [0.3, 0.4) is 0 Å². The van der Waals surface area contributed by atoms with Crippen LogP contribution in [0.15, 0.2) is 35.7 Å². The Morgan fingerprint density at radius 3 is 2.63 bits per heavy atom. The quantitative estimate of drug-likeness (QED) is 0.890. The summed E-state index contributed by atoms with van der Waals surface area (Å²) in [5.74, 6) is 0.889. The summed E-state index contributed by atoms with van der Waals surface area (Å²) in [5.41, 5.74) is 8.84. The fourth-order valence-corrected chi connectivity index (χ4v) is 3.17. The molecule has 0 aliphatic rings. The van der Waals surface area contributed by atoms with E-state index in [-0.39, 0.29) is 12.1 Å². The van der Waals surface area contributed by atoms with Gasteiger partial charge in [-0.3, -0.25) is 0 Å². The molecule has 0 amide bonds. The van der Waals surface area contributed by atoms with Crippen LogP contribution in [0.4, 0.5) is 0 Å². The Hall–Kier alpha value is -1.32. The van der Waals surface area contributed by atoms with E-state index in [4.69, 9.17) is 10.5 Å². The molecule has 0 aliphatic carbocycles. The molecule has 2 aromatic rings. The first kappa shape index (κ1) is 14.1. The average Bonchev–Trinajstić information content (AvgIpc) is 2.86. The van der Waals surface area contributed by atoms with Crippen LogP contribution in [-0.4, -0.2) is 6.10 Å². The number of benzene rings is 1. The molecule has 1 aromatic heterocycles. The van der Waals surface area contributed by atoms with Gasteiger partial charge in [-0.2, -0.15) is 0 Å². The summed E-state index contributed by atoms with van der Waals surface area (Å²) in [6, 6.07) is 10.1. The van der Waals surface area contributed by atoms with Crippen LogP contribution in [0.25, 0.3) is 0 Å². The van der Waals surface area contributed by atoms with E-state index in [2.05, 4.69) is 24.4 Å². The van der Waals surface area contributed by atoms with E-state index in [0.29, 0.717) is 0 Å². The van der Waals surface area contributed by atoms with Crippen molar-refractivity contribution in [1.29, 1.82) is 0 Å². The molecule has 1 heterocycles. The maximum absolute atomic E-state index is 6.44. The zero-order chi connectivity index (χ0) is 13.8. The van der Waals surface area contributed by atoms with Crippen molar-refractivity contribution in [1.82, 2.24) is 0 Å². The number of para-hydroxylation sites is 1. The van der Waals surface area contributed by atoms with E-state index in [1.807, 2.05) is 32.0 Å². The minimum atomic E-state index is -0.107. The minimum absolute atomic E-state index is 0.107. The highest BCUT2D eigenvalue weighted by Gasteiger charge is 2.18. The van der Waals surface area contributed by atoms with Gasteiger partial charge < -0.3 is 10.5 Å². The molecule has 0 spiro atoms. The summed E-state index contributed by atoms with van der Waals surface area (Å²) in [6.07, 6.45) is 1.17. The van der Waals surface area contributed by atoms with Crippen LogP contribution >= 0.6 is 11.3 Å². The summed E-state index contributed by atoms with van der Waals surface area (Å²) >= 11 is 1.72. The van der Waals surface area contributed by atoms with Gasteiger partial charge in [0.2, 0.25) is 0 Å². The Balaban J connectivity index is 2.36. The third-order valence-electron chi connectivity index (χ3n) is 3.06. The molecule has 3 heteroatoms. The maximum atomic E-state index is 6.44. The second kappa shape index (κ2) is 6.22. The van der Waals surface area contributed by atoms with Crippen molar-refractivity contribution in [2.75, 3.05) is 0 Å². The SMILES string of the molecule is CCc1ccsc1C(N)c1ccccc1OC(C)C. The Morgan fingerprint density at radius 1 is 1.21 bits per heavy atom.